The molecule has 2 N–H and O–H groups in total. The number of fused-ring (bicyclic) bond motifs is 1. The van der Waals surface area contributed by atoms with Crippen LogP contribution in [0, 0.1) is 0 Å². The number of rotatable bonds is 3. The zero-order valence-electron chi connectivity index (χ0n) is 9.98. The normalized spacial score (nSPS) is 19.9. The lowest BCUT2D eigenvalue weighted by Crippen LogP contribution is -2.37. The van der Waals surface area contributed by atoms with E-state index in [-0.39, 0.29) is 0 Å². The highest BCUT2D eigenvalue weighted by Gasteiger charge is 2.23. The monoisotopic (exact) mass is 231 g/mol. The summed E-state index contributed by atoms with van der Waals surface area (Å²) in [5, 5.41) is 4.52. The van der Waals surface area contributed by atoms with Crippen LogP contribution in [0.15, 0.2) is 18.6 Å². The van der Waals surface area contributed by atoms with Crippen LogP contribution in [-0.4, -0.2) is 40.6 Å². The van der Waals surface area contributed by atoms with Gasteiger partial charge in [0.2, 0.25) is 0 Å². The Morgan fingerprint density at radius 2 is 2.41 bits per heavy atom. The van der Waals surface area contributed by atoms with E-state index in [0.717, 1.165) is 36.5 Å². The van der Waals surface area contributed by atoms with Gasteiger partial charge in [-0.1, -0.05) is 0 Å². The van der Waals surface area contributed by atoms with Crippen molar-refractivity contribution in [1.29, 1.82) is 0 Å². The molecule has 0 radical (unpaired) electrons. The first-order valence-corrected chi connectivity index (χ1v) is 6.15. The molecule has 0 spiro atoms. The molecule has 0 amide bonds. The lowest BCUT2D eigenvalue weighted by atomic mass is 10.2. The molecule has 2 aromatic heterocycles. The summed E-state index contributed by atoms with van der Waals surface area (Å²) in [6.07, 6.45) is 4.74. The van der Waals surface area contributed by atoms with E-state index in [4.69, 9.17) is 0 Å². The smallest absolute Gasteiger partial charge is 0.142 e. The van der Waals surface area contributed by atoms with Gasteiger partial charge in [0, 0.05) is 25.3 Å². The molecule has 5 nitrogen and oxygen atoms in total. The standard InChI is InChI=1S/C12H17N5/c1-2-17(9-3-5-13-7-9)12-10-4-6-14-11(10)15-8-16-12/h4,6,8-9,13H,2-3,5,7H2,1H3,(H,14,15,16). The Balaban J connectivity index is 2.02. The average Bonchev–Trinajstić information content (AvgIpc) is 3.00. The highest BCUT2D eigenvalue weighted by Crippen LogP contribution is 2.25. The van der Waals surface area contributed by atoms with Crippen LogP contribution in [0.5, 0.6) is 0 Å². The Morgan fingerprint density at radius 1 is 1.47 bits per heavy atom. The third-order valence-corrected chi connectivity index (χ3v) is 3.42. The van der Waals surface area contributed by atoms with Crippen LogP contribution < -0.4 is 10.2 Å². The number of hydrogen-bond donors (Lipinski definition) is 2. The maximum atomic E-state index is 4.46. The van der Waals surface area contributed by atoms with Gasteiger partial charge in [-0.3, -0.25) is 0 Å². The Bertz CT molecular complexity index is 500. The maximum Gasteiger partial charge on any atom is 0.142 e. The predicted molar refractivity (Wildman–Crippen MR) is 68.2 cm³/mol. The first-order valence-electron chi connectivity index (χ1n) is 6.15. The molecule has 0 aromatic carbocycles. The van der Waals surface area contributed by atoms with E-state index in [2.05, 4.69) is 38.2 Å². The topological polar surface area (TPSA) is 56.8 Å². The average molecular weight is 231 g/mol. The minimum Gasteiger partial charge on any atom is -0.352 e. The molecule has 1 unspecified atom stereocenters. The Morgan fingerprint density at radius 3 is 3.18 bits per heavy atom. The summed E-state index contributed by atoms with van der Waals surface area (Å²) in [5.41, 5.74) is 0.916. The second-order valence-electron chi connectivity index (χ2n) is 4.37. The molecule has 2 aromatic rings. The fraction of sp³-hybridized carbons (Fsp3) is 0.500. The molecule has 1 atom stereocenters. The molecule has 1 fully saturated rings. The Kier molecular flexibility index (Phi) is 2.68. The Labute approximate surface area is 100 Å². The molecule has 1 aliphatic heterocycles. The minimum absolute atomic E-state index is 0.549. The van der Waals surface area contributed by atoms with Crippen molar-refractivity contribution in [3.8, 4) is 0 Å². The molecule has 90 valence electrons. The van der Waals surface area contributed by atoms with E-state index >= 15 is 0 Å². The number of nitrogens with one attached hydrogen (secondary N) is 2. The van der Waals surface area contributed by atoms with Crippen LogP contribution in [-0.2, 0) is 0 Å². The van der Waals surface area contributed by atoms with Gasteiger partial charge < -0.3 is 15.2 Å². The molecule has 1 saturated heterocycles. The van der Waals surface area contributed by atoms with E-state index in [1.165, 1.54) is 6.42 Å². The molecule has 0 saturated carbocycles. The van der Waals surface area contributed by atoms with Crippen molar-refractivity contribution >= 4 is 16.9 Å². The van der Waals surface area contributed by atoms with Crippen molar-refractivity contribution in [3.05, 3.63) is 18.6 Å². The maximum absolute atomic E-state index is 4.46. The second kappa shape index (κ2) is 4.33. The number of aromatic amines is 1. The minimum atomic E-state index is 0.549. The van der Waals surface area contributed by atoms with Gasteiger partial charge in [-0.2, -0.15) is 0 Å². The van der Waals surface area contributed by atoms with Crippen LogP contribution in [0.1, 0.15) is 13.3 Å². The number of anilines is 1. The first-order chi connectivity index (χ1) is 8.40. The fourth-order valence-electron chi connectivity index (χ4n) is 2.57. The summed E-state index contributed by atoms with van der Waals surface area (Å²) in [7, 11) is 0. The number of hydrogen-bond acceptors (Lipinski definition) is 4. The summed E-state index contributed by atoms with van der Waals surface area (Å²) in [6.45, 7) is 5.30. The van der Waals surface area contributed by atoms with E-state index in [0.29, 0.717) is 6.04 Å². The predicted octanol–water partition coefficient (Wildman–Crippen LogP) is 1.15. The van der Waals surface area contributed by atoms with Crippen molar-refractivity contribution in [1.82, 2.24) is 20.3 Å². The van der Waals surface area contributed by atoms with Crippen molar-refractivity contribution in [2.75, 3.05) is 24.5 Å². The van der Waals surface area contributed by atoms with Crippen LogP contribution >= 0.6 is 0 Å². The van der Waals surface area contributed by atoms with Gasteiger partial charge >= 0.3 is 0 Å². The third kappa shape index (κ3) is 1.76. The van der Waals surface area contributed by atoms with E-state index in [1.807, 2.05) is 6.20 Å². The molecule has 3 rings (SSSR count). The highest BCUT2D eigenvalue weighted by atomic mass is 15.2. The first kappa shape index (κ1) is 10.5. The van der Waals surface area contributed by atoms with Crippen molar-refractivity contribution < 1.29 is 0 Å². The molecule has 1 aliphatic rings. The van der Waals surface area contributed by atoms with Crippen LogP contribution in [0.2, 0.25) is 0 Å². The van der Waals surface area contributed by atoms with Gasteiger partial charge in [0.05, 0.1) is 5.39 Å². The quantitative estimate of drug-likeness (QED) is 0.832. The largest absolute Gasteiger partial charge is 0.352 e. The van der Waals surface area contributed by atoms with Crippen molar-refractivity contribution in [2.45, 2.75) is 19.4 Å². The molecule has 5 heteroatoms. The van der Waals surface area contributed by atoms with Crippen molar-refractivity contribution in [3.63, 3.8) is 0 Å². The van der Waals surface area contributed by atoms with E-state index in [1.54, 1.807) is 6.33 Å². The summed E-state index contributed by atoms with van der Waals surface area (Å²) in [6, 6.07) is 2.60. The molecule has 0 bridgehead atoms. The molecular formula is C12H17N5. The third-order valence-electron chi connectivity index (χ3n) is 3.42. The molecule has 3 heterocycles. The lowest BCUT2D eigenvalue weighted by Gasteiger charge is -2.28. The number of nitrogens with zero attached hydrogens (tertiary/aromatic N) is 3. The summed E-state index contributed by atoms with van der Waals surface area (Å²) < 4.78 is 0. The summed E-state index contributed by atoms with van der Waals surface area (Å²) >= 11 is 0. The van der Waals surface area contributed by atoms with Crippen LogP contribution in [0.3, 0.4) is 0 Å². The van der Waals surface area contributed by atoms with Gasteiger partial charge in [-0.15, -0.1) is 0 Å². The molecule has 0 aliphatic carbocycles. The lowest BCUT2D eigenvalue weighted by molar-refractivity contribution is 0.642. The van der Waals surface area contributed by atoms with Gasteiger partial charge in [0.1, 0.15) is 17.8 Å². The Hall–Kier alpha value is -1.62. The molecular weight excluding hydrogens is 214 g/mol. The van der Waals surface area contributed by atoms with Gasteiger partial charge in [0.25, 0.3) is 0 Å². The second-order valence-corrected chi connectivity index (χ2v) is 4.37. The summed E-state index contributed by atoms with van der Waals surface area (Å²) in [4.78, 5) is 14.2. The number of aromatic nitrogens is 3. The zero-order valence-corrected chi connectivity index (χ0v) is 9.98. The van der Waals surface area contributed by atoms with Gasteiger partial charge in [0.15, 0.2) is 0 Å². The van der Waals surface area contributed by atoms with E-state index < -0.39 is 0 Å². The van der Waals surface area contributed by atoms with Crippen molar-refractivity contribution in [2.24, 2.45) is 0 Å². The van der Waals surface area contributed by atoms with Crippen LogP contribution in [0.4, 0.5) is 5.82 Å². The molecule has 17 heavy (non-hydrogen) atoms. The highest BCUT2D eigenvalue weighted by molar-refractivity contribution is 5.87. The number of likely N-dealkylation sites (N-methyl/N-ethyl adjacent to an activating group) is 1. The zero-order chi connectivity index (χ0) is 11.7. The van der Waals surface area contributed by atoms with Gasteiger partial charge in [-0.25, -0.2) is 9.97 Å². The summed E-state index contributed by atoms with van der Waals surface area (Å²) in [5.74, 6) is 1.05. The van der Waals surface area contributed by atoms with Crippen LogP contribution in [0.25, 0.3) is 11.0 Å². The SMILES string of the molecule is CCN(c1ncnc2[nH]ccc12)C1CCNC1. The van der Waals surface area contributed by atoms with E-state index in [9.17, 15) is 0 Å². The fourth-order valence-corrected chi connectivity index (χ4v) is 2.57. The van der Waals surface area contributed by atoms with Gasteiger partial charge in [-0.05, 0) is 26.0 Å². The number of H-pyrrole nitrogens is 1.